The molecule has 3 N–H and O–H groups in total. The van der Waals surface area contributed by atoms with Crippen LogP contribution in [0.5, 0.6) is 11.5 Å². The normalized spacial score (nSPS) is 10.1. The number of thiocarbonyl (C=S) groups is 1. The second kappa shape index (κ2) is 5.92. The first kappa shape index (κ1) is 12.3. The van der Waals surface area contributed by atoms with Crippen LogP contribution in [0.4, 0.5) is 0 Å². The van der Waals surface area contributed by atoms with E-state index in [1.807, 2.05) is 0 Å². The molecule has 1 rings (SSSR count). The smallest absolute Gasteiger partial charge is 0.186 e. The highest BCUT2D eigenvalue weighted by molar-refractivity contribution is 7.80. The Hall–Kier alpha value is -1.82. The van der Waals surface area contributed by atoms with Crippen LogP contribution in [-0.2, 0) is 0 Å². The summed E-state index contributed by atoms with van der Waals surface area (Å²) in [4.78, 5) is 0. The van der Waals surface area contributed by atoms with Gasteiger partial charge in [0.05, 0.1) is 13.3 Å². The van der Waals surface area contributed by atoms with Crippen molar-refractivity contribution < 1.29 is 9.84 Å². The summed E-state index contributed by atoms with van der Waals surface area (Å²) in [6, 6.07) is 4.92. The summed E-state index contributed by atoms with van der Waals surface area (Å²) in [5, 5.41) is 16.4. The Morgan fingerprint density at radius 2 is 2.31 bits per heavy atom. The van der Waals surface area contributed by atoms with Gasteiger partial charge >= 0.3 is 0 Å². The predicted molar refractivity (Wildman–Crippen MR) is 67.0 cm³/mol. The molecule has 0 aliphatic heterocycles. The van der Waals surface area contributed by atoms with Gasteiger partial charge in [0.15, 0.2) is 16.6 Å². The molecule has 16 heavy (non-hydrogen) atoms. The Morgan fingerprint density at radius 1 is 1.56 bits per heavy atom. The molecule has 0 spiro atoms. The fourth-order valence-electron chi connectivity index (χ4n) is 0.996. The van der Waals surface area contributed by atoms with Crippen molar-refractivity contribution in [1.82, 2.24) is 10.7 Å². The molecule has 86 valence electrons. The first-order valence-electron chi connectivity index (χ1n) is 4.55. The van der Waals surface area contributed by atoms with Crippen LogP contribution >= 0.6 is 12.2 Å². The average Bonchev–Trinajstić information content (AvgIpc) is 2.31. The van der Waals surface area contributed by atoms with Crippen molar-refractivity contribution in [3.8, 4) is 11.5 Å². The molecular weight excluding hydrogens is 226 g/mol. The lowest BCUT2D eigenvalue weighted by Crippen LogP contribution is -2.28. The molecule has 1 aromatic rings. The number of hydrogen-bond acceptors (Lipinski definition) is 4. The maximum Gasteiger partial charge on any atom is 0.186 e. The van der Waals surface area contributed by atoms with Crippen LogP contribution in [0.2, 0.25) is 0 Å². The van der Waals surface area contributed by atoms with Crippen LogP contribution in [0.3, 0.4) is 0 Å². The lowest BCUT2D eigenvalue weighted by atomic mass is 10.2. The number of phenols is 1. The van der Waals surface area contributed by atoms with E-state index in [0.717, 1.165) is 5.56 Å². The van der Waals surface area contributed by atoms with Crippen molar-refractivity contribution in [2.45, 2.75) is 0 Å². The molecule has 0 atom stereocenters. The Morgan fingerprint density at radius 3 is 2.94 bits per heavy atom. The third-order valence-electron chi connectivity index (χ3n) is 1.81. The summed E-state index contributed by atoms with van der Waals surface area (Å²) in [5.41, 5.74) is 3.41. The lowest BCUT2D eigenvalue weighted by molar-refractivity contribution is 0.373. The van der Waals surface area contributed by atoms with Crippen LogP contribution in [0.25, 0.3) is 0 Å². The van der Waals surface area contributed by atoms with Gasteiger partial charge in [-0.1, -0.05) is 0 Å². The number of aromatic hydroxyl groups is 1. The van der Waals surface area contributed by atoms with Crippen molar-refractivity contribution in [3.63, 3.8) is 0 Å². The van der Waals surface area contributed by atoms with Crippen LogP contribution in [0.15, 0.2) is 23.3 Å². The minimum atomic E-state index is 0.0957. The van der Waals surface area contributed by atoms with Crippen LogP contribution in [-0.4, -0.2) is 30.6 Å². The zero-order valence-electron chi connectivity index (χ0n) is 9.02. The predicted octanol–water partition coefficient (Wildman–Crippen LogP) is 0.829. The highest BCUT2D eigenvalue weighted by Gasteiger charge is 2.00. The molecule has 1 aromatic carbocycles. The summed E-state index contributed by atoms with van der Waals surface area (Å²) in [5.74, 6) is 0.499. The minimum Gasteiger partial charge on any atom is -0.504 e. The van der Waals surface area contributed by atoms with Crippen LogP contribution in [0.1, 0.15) is 5.56 Å². The van der Waals surface area contributed by atoms with Crippen molar-refractivity contribution >= 4 is 23.5 Å². The highest BCUT2D eigenvalue weighted by atomic mass is 32.1. The Bertz CT molecular complexity index is 407. The quantitative estimate of drug-likeness (QED) is 0.414. The number of nitrogens with one attached hydrogen (secondary N) is 2. The number of hydrazone groups is 1. The van der Waals surface area contributed by atoms with Gasteiger partial charge in [-0.2, -0.15) is 5.10 Å². The Labute approximate surface area is 99.1 Å². The number of rotatable bonds is 3. The van der Waals surface area contributed by atoms with Crippen molar-refractivity contribution in [2.24, 2.45) is 5.10 Å². The third-order valence-corrected chi connectivity index (χ3v) is 2.11. The monoisotopic (exact) mass is 239 g/mol. The molecule has 0 unspecified atom stereocenters. The topological polar surface area (TPSA) is 65.9 Å². The molecule has 0 bridgehead atoms. The average molecular weight is 239 g/mol. The van der Waals surface area contributed by atoms with Crippen molar-refractivity contribution in [1.29, 1.82) is 0 Å². The van der Waals surface area contributed by atoms with Crippen LogP contribution in [0, 0.1) is 0 Å². The first-order chi connectivity index (χ1) is 7.67. The molecule has 0 aliphatic rings. The fourth-order valence-corrected chi connectivity index (χ4v) is 1.05. The zero-order valence-corrected chi connectivity index (χ0v) is 9.84. The fraction of sp³-hybridized carbons (Fsp3) is 0.200. The summed E-state index contributed by atoms with van der Waals surface area (Å²) in [6.45, 7) is 0. The highest BCUT2D eigenvalue weighted by Crippen LogP contribution is 2.25. The van der Waals surface area contributed by atoms with Gasteiger partial charge in [0.1, 0.15) is 0 Å². The SMILES string of the molecule is CNC(=S)NN=Cc1ccc(O)c(OC)c1. The third kappa shape index (κ3) is 3.39. The van der Waals surface area contributed by atoms with E-state index in [1.165, 1.54) is 13.2 Å². The standard InChI is InChI=1S/C10H13N3O2S/c1-11-10(16)13-12-6-7-3-4-8(14)9(5-7)15-2/h3-6,14H,1-2H3,(H2,11,13,16). The molecule has 0 saturated heterocycles. The molecular formula is C10H13N3O2S. The Kier molecular flexibility index (Phi) is 4.53. The van der Waals surface area contributed by atoms with E-state index in [9.17, 15) is 5.11 Å². The number of ether oxygens (including phenoxy) is 1. The number of benzene rings is 1. The Balaban J connectivity index is 2.70. The van der Waals surface area contributed by atoms with Crippen molar-refractivity contribution in [2.75, 3.05) is 14.2 Å². The summed E-state index contributed by atoms with van der Waals surface area (Å²) in [6.07, 6.45) is 1.58. The van der Waals surface area contributed by atoms with E-state index in [-0.39, 0.29) is 5.75 Å². The van der Waals surface area contributed by atoms with E-state index >= 15 is 0 Å². The molecule has 0 aromatic heterocycles. The molecule has 5 nitrogen and oxygen atoms in total. The first-order valence-corrected chi connectivity index (χ1v) is 4.96. The van der Waals surface area contributed by atoms with E-state index in [0.29, 0.717) is 10.9 Å². The summed E-state index contributed by atoms with van der Waals surface area (Å²) < 4.78 is 4.96. The van der Waals surface area contributed by atoms with E-state index in [1.54, 1.807) is 25.4 Å². The second-order valence-electron chi connectivity index (χ2n) is 2.88. The molecule has 6 heteroatoms. The second-order valence-corrected chi connectivity index (χ2v) is 3.29. The van der Waals surface area contributed by atoms with Gasteiger partial charge in [-0.25, -0.2) is 0 Å². The molecule has 0 heterocycles. The van der Waals surface area contributed by atoms with Gasteiger partial charge in [0.25, 0.3) is 0 Å². The van der Waals surface area contributed by atoms with Crippen molar-refractivity contribution in [3.05, 3.63) is 23.8 Å². The van der Waals surface area contributed by atoms with Gasteiger partial charge in [-0.05, 0) is 36.0 Å². The molecule has 0 saturated carbocycles. The van der Waals surface area contributed by atoms with Gasteiger partial charge in [0.2, 0.25) is 0 Å². The van der Waals surface area contributed by atoms with Gasteiger partial charge in [0, 0.05) is 7.05 Å². The lowest BCUT2D eigenvalue weighted by Gasteiger charge is -2.03. The van der Waals surface area contributed by atoms with Gasteiger partial charge < -0.3 is 15.2 Å². The summed E-state index contributed by atoms with van der Waals surface area (Å²) in [7, 11) is 3.19. The van der Waals surface area contributed by atoms with Crippen LogP contribution < -0.4 is 15.5 Å². The minimum absolute atomic E-state index is 0.0957. The largest absolute Gasteiger partial charge is 0.504 e. The van der Waals surface area contributed by atoms with Gasteiger partial charge in [-0.3, -0.25) is 5.43 Å². The number of phenolic OH excluding ortho intramolecular Hbond substituents is 1. The maximum atomic E-state index is 9.37. The number of nitrogens with zero attached hydrogens (tertiary/aromatic N) is 1. The maximum absolute atomic E-state index is 9.37. The number of hydrogen-bond donors (Lipinski definition) is 3. The molecule has 0 amide bonds. The molecule has 0 aliphatic carbocycles. The van der Waals surface area contributed by atoms with E-state index < -0.39 is 0 Å². The van der Waals surface area contributed by atoms with Gasteiger partial charge in [-0.15, -0.1) is 0 Å². The number of methoxy groups -OCH3 is 1. The van der Waals surface area contributed by atoms with E-state index in [2.05, 4.69) is 15.8 Å². The zero-order chi connectivity index (χ0) is 12.0. The molecule has 0 fully saturated rings. The van der Waals surface area contributed by atoms with E-state index in [4.69, 9.17) is 17.0 Å². The molecule has 0 radical (unpaired) electrons. The summed E-state index contributed by atoms with van der Waals surface area (Å²) >= 11 is 4.84.